The fourth-order valence-corrected chi connectivity index (χ4v) is 4.95. The number of hydrogen-bond donors (Lipinski definition) is 4. The zero-order chi connectivity index (χ0) is 28.8. The molecule has 4 aromatic rings. The first-order valence-electron chi connectivity index (χ1n) is 12.9. The Morgan fingerprint density at radius 1 is 1.15 bits per heavy atom. The molecule has 0 saturated heterocycles. The van der Waals surface area contributed by atoms with Crippen LogP contribution in [0.4, 0.5) is 16.2 Å². The average molecular weight is 596 g/mol. The van der Waals surface area contributed by atoms with Gasteiger partial charge in [0.1, 0.15) is 23.0 Å². The van der Waals surface area contributed by atoms with E-state index in [0.29, 0.717) is 51.6 Å². The maximum atomic E-state index is 13.1. The van der Waals surface area contributed by atoms with Crippen molar-refractivity contribution < 1.29 is 14.3 Å². The number of rotatable bonds is 5. The van der Waals surface area contributed by atoms with Crippen molar-refractivity contribution in [2.75, 3.05) is 24.3 Å². The molecule has 1 atom stereocenters. The van der Waals surface area contributed by atoms with E-state index in [0.717, 1.165) is 30.5 Å². The van der Waals surface area contributed by atoms with Crippen molar-refractivity contribution >= 4 is 52.7 Å². The SMILES string of the molecule is COC(=O)Nc1ccc2c(c1)NCCCCC[C@H](NC(=O)C=Cc1cc(Cl)ccc1-n1cnnn1)c1nc-2c(Cl)[nH]1. The maximum absolute atomic E-state index is 13.1. The van der Waals surface area contributed by atoms with E-state index in [4.69, 9.17) is 32.9 Å². The molecule has 2 bridgehead atoms. The fourth-order valence-electron chi connectivity index (χ4n) is 4.53. The molecule has 212 valence electrons. The van der Waals surface area contributed by atoms with Crippen LogP contribution in [0.3, 0.4) is 0 Å². The second kappa shape index (κ2) is 12.8. The summed E-state index contributed by atoms with van der Waals surface area (Å²) < 4.78 is 6.20. The van der Waals surface area contributed by atoms with E-state index in [-0.39, 0.29) is 5.91 Å². The number of anilines is 2. The Bertz CT molecular complexity index is 1570. The van der Waals surface area contributed by atoms with E-state index in [2.05, 4.69) is 36.5 Å². The summed E-state index contributed by atoms with van der Waals surface area (Å²) in [6.45, 7) is 0.715. The molecule has 3 heterocycles. The number of aromatic amines is 1. The van der Waals surface area contributed by atoms with Crippen LogP contribution < -0.4 is 16.0 Å². The number of aromatic nitrogens is 6. The van der Waals surface area contributed by atoms with E-state index in [1.807, 2.05) is 12.1 Å². The molecular formula is C27H27Cl2N9O3. The molecule has 0 saturated carbocycles. The van der Waals surface area contributed by atoms with E-state index < -0.39 is 12.1 Å². The number of methoxy groups -OCH3 is 1. The normalized spacial score (nSPS) is 15.2. The lowest BCUT2D eigenvalue weighted by Gasteiger charge is -2.17. The molecule has 0 fully saturated rings. The quantitative estimate of drug-likeness (QED) is 0.224. The Kier molecular flexibility index (Phi) is 8.80. The highest BCUT2D eigenvalue weighted by Gasteiger charge is 2.22. The molecule has 1 aliphatic rings. The number of carbonyl (C=O) groups is 2. The molecule has 41 heavy (non-hydrogen) atoms. The maximum Gasteiger partial charge on any atom is 0.411 e. The molecule has 0 unspecified atom stereocenters. The summed E-state index contributed by atoms with van der Waals surface area (Å²) in [6.07, 6.45) is 7.39. The summed E-state index contributed by atoms with van der Waals surface area (Å²) in [5.41, 5.74) is 3.98. The van der Waals surface area contributed by atoms with E-state index >= 15 is 0 Å². The first-order valence-corrected chi connectivity index (χ1v) is 13.7. The number of tetrazole rings is 1. The predicted octanol–water partition coefficient (Wildman–Crippen LogP) is 5.39. The number of hydrogen-bond acceptors (Lipinski definition) is 8. The number of nitrogens with one attached hydrogen (secondary N) is 4. The van der Waals surface area contributed by atoms with Crippen molar-refractivity contribution in [1.29, 1.82) is 0 Å². The lowest BCUT2D eigenvalue weighted by atomic mass is 10.1. The van der Waals surface area contributed by atoms with Crippen LogP contribution in [0, 0.1) is 0 Å². The number of benzene rings is 2. The molecule has 14 heteroatoms. The molecular weight excluding hydrogens is 569 g/mol. The summed E-state index contributed by atoms with van der Waals surface area (Å²) in [5.74, 6) is 0.242. The first kappa shape index (κ1) is 28.1. The van der Waals surface area contributed by atoms with Crippen LogP contribution >= 0.6 is 23.2 Å². The second-order valence-electron chi connectivity index (χ2n) is 9.29. The topological polar surface area (TPSA) is 152 Å². The average Bonchev–Trinajstić information content (AvgIpc) is 3.63. The Morgan fingerprint density at radius 3 is 2.83 bits per heavy atom. The van der Waals surface area contributed by atoms with Gasteiger partial charge in [0.15, 0.2) is 0 Å². The third-order valence-corrected chi connectivity index (χ3v) is 7.02. The van der Waals surface area contributed by atoms with Gasteiger partial charge in [-0.05, 0) is 65.7 Å². The second-order valence-corrected chi connectivity index (χ2v) is 10.1. The molecule has 0 radical (unpaired) electrons. The number of halogens is 2. The summed E-state index contributed by atoms with van der Waals surface area (Å²) in [7, 11) is 1.31. The summed E-state index contributed by atoms with van der Waals surface area (Å²) in [6, 6.07) is 10.2. The number of fused-ring (bicyclic) bond motifs is 4. The van der Waals surface area contributed by atoms with Crippen molar-refractivity contribution in [3.05, 3.63) is 70.4 Å². The van der Waals surface area contributed by atoms with Crippen LogP contribution in [0.25, 0.3) is 23.0 Å². The number of imidazole rings is 1. The number of carbonyl (C=O) groups excluding carboxylic acids is 2. The van der Waals surface area contributed by atoms with Gasteiger partial charge >= 0.3 is 6.09 Å². The van der Waals surface area contributed by atoms with Gasteiger partial charge in [0, 0.05) is 40.1 Å². The van der Waals surface area contributed by atoms with Crippen LogP contribution in [0.2, 0.25) is 10.2 Å². The van der Waals surface area contributed by atoms with E-state index in [1.165, 1.54) is 24.2 Å². The Hall–Kier alpha value is -4.42. The van der Waals surface area contributed by atoms with Crippen LogP contribution in [-0.4, -0.2) is 55.8 Å². The lowest BCUT2D eigenvalue weighted by molar-refractivity contribution is -0.117. The molecule has 2 aromatic heterocycles. The molecule has 2 aromatic carbocycles. The first-order chi connectivity index (χ1) is 19.9. The Balaban J connectivity index is 1.39. The molecule has 1 aliphatic heterocycles. The van der Waals surface area contributed by atoms with Gasteiger partial charge in [-0.15, -0.1) is 5.10 Å². The number of amides is 2. The smallest absolute Gasteiger partial charge is 0.411 e. The highest BCUT2D eigenvalue weighted by Crippen LogP contribution is 2.36. The van der Waals surface area contributed by atoms with Gasteiger partial charge in [-0.3, -0.25) is 10.1 Å². The third-order valence-electron chi connectivity index (χ3n) is 6.52. The van der Waals surface area contributed by atoms with Gasteiger partial charge in [0.2, 0.25) is 5.91 Å². The Morgan fingerprint density at radius 2 is 2.02 bits per heavy atom. The summed E-state index contributed by atoms with van der Waals surface area (Å²) in [5, 5.41) is 21.3. The zero-order valence-corrected chi connectivity index (χ0v) is 23.5. The Labute approximate surface area is 245 Å². The van der Waals surface area contributed by atoms with Gasteiger partial charge in [-0.1, -0.05) is 36.0 Å². The fraction of sp³-hybridized carbons (Fsp3) is 0.259. The van der Waals surface area contributed by atoms with Gasteiger partial charge in [-0.25, -0.2) is 9.78 Å². The van der Waals surface area contributed by atoms with Gasteiger partial charge < -0.3 is 20.4 Å². The van der Waals surface area contributed by atoms with E-state index in [9.17, 15) is 9.59 Å². The van der Waals surface area contributed by atoms with Crippen LogP contribution in [0.5, 0.6) is 0 Å². The predicted molar refractivity (Wildman–Crippen MR) is 156 cm³/mol. The standard InChI is InChI=1S/C27H27Cl2N9O3/c1-41-27(40)32-18-8-9-19-21(14-18)30-12-4-2-3-5-20(26-34-24(19)25(29)35-26)33-23(39)11-6-16-13-17(28)7-10-22(16)38-15-31-36-37-38/h6-11,13-15,20,30H,2-5,12H2,1H3,(H,32,40)(H,33,39)(H,34,35)/t20-/m0/s1. The van der Waals surface area contributed by atoms with Crippen LogP contribution in [0.1, 0.15) is 43.1 Å². The highest BCUT2D eigenvalue weighted by atomic mass is 35.5. The van der Waals surface area contributed by atoms with Gasteiger partial charge in [-0.2, -0.15) is 4.68 Å². The van der Waals surface area contributed by atoms with Gasteiger partial charge in [0.25, 0.3) is 0 Å². The third kappa shape index (κ3) is 6.84. The van der Waals surface area contributed by atoms with Crippen molar-refractivity contribution in [1.82, 2.24) is 35.5 Å². The van der Waals surface area contributed by atoms with E-state index in [1.54, 1.807) is 30.3 Å². The van der Waals surface area contributed by atoms with Gasteiger partial charge in [0.05, 0.1) is 18.8 Å². The number of ether oxygens (including phenoxy) is 1. The number of nitrogens with zero attached hydrogens (tertiary/aromatic N) is 5. The van der Waals surface area contributed by atoms with Crippen molar-refractivity contribution in [2.45, 2.75) is 31.7 Å². The minimum Gasteiger partial charge on any atom is -0.453 e. The minimum atomic E-state index is -0.562. The molecule has 5 rings (SSSR count). The van der Waals surface area contributed by atoms with Crippen molar-refractivity contribution in [2.24, 2.45) is 0 Å². The number of H-pyrrole nitrogens is 1. The molecule has 4 N–H and O–H groups in total. The summed E-state index contributed by atoms with van der Waals surface area (Å²) in [4.78, 5) is 32.7. The molecule has 0 spiro atoms. The molecule has 2 amide bonds. The van der Waals surface area contributed by atoms with Crippen molar-refractivity contribution in [3.8, 4) is 16.9 Å². The van der Waals surface area contributed by atoms with Crippen molar-refractivity contribution in [3.63, 3.8) is 0 Å². The zero-order valence-electron chi connectivity index (χ0n) is 22.0. The molecule has 0 aliphatic carbocycles. The molecule has 12 nitrogen and oxygen atoms in total. The summed E-state index contributed by atoms with van der Waals surface area (Å²) >= 11 is 12.8. The van der Waals surface area contributed by atoms with Crippen LogP contribution in [-0.2, 0) is 9.53 Å². The monoisotopic (exact) mass is 595 g/mol. The van der Waals surface area contributed by atoms with Crippen LogP contribution in [0.15, 0.2) is 48.8 Å². The largest absolute Gasteiger partial charge is 0.453 e. The minimum absolute atomic E-state index is 0.306. The lowest BCUT2D eigenvalue weighted by Crippen LogP contribution is -2.28. The highest BCUT2D eigenvalue weighted by molar-refractivity contribution is 6.32.